The smallest absolute Gasteiger partial charge is 0.224 e. The number of nitrogens with one attached hydrogen (secondary N) is 2. The van der Waals surface area contributed by atoms with Crippen LogP contribution in [-0.2, 0) is 16.0 Å². The Morgan fingerprint density at radius 2 is 2.05 bits per heavy atom. The molecule has 0 radical (unpaired) electrons. The Bertz CT molecular complexity index is 419. The molecule has 1 aromatic carbocycles. The fourth-order valence-electron chi connectivity index (χ4n) is 2.23. The Morgan fingerprint density at radius 3 is 2.68 bits per heavy atom. The van der Waals surface area contributed by atoms with Gasteiger partial charge in [0, 0.05) is 20.2 Å². The van der Waals surface area contributed by atoms with Gasteiger partial charge in [-0.3, -0.25) is 4.79 Å². The third-order valence-corrected chi connectivity index (χ3v) is 3.33. The number of benzene rings is 1. The first-order valence-corrected chi connectivity index (χ1v) is 6.38. The summed E-state index contributed by atoms with van der Waals surface area (Å²) in [5.41, 5.74) is 0.971. The molecule has 0 aromatic heterocycles. The second kappa shape index (κ2) is 6.54. The first-order valence-electron chi connectivity index (χ1n) is 6.38. The number of rotatable bonds is 5. The summed E-state index contributed by atoms with van der Waals surface area (Å²) >= 11 is 0. The second-order valence-corrected chi connectivity index (χ2v) is 4.63. The van der Waals surface area contributed by atoms with Crippen LogP contribution in [0.5, 0.6) is 5.75 Å². The van der Waals surface area contributed by atoms with Gasteiger partial charge in [0.1, 0.15) is 5.75 Å². The van der Waals surface area contributed by atoms with Crippen LogP contribution in [0.25, 0.3) is 0 Å². The summed E-state index contributed by atoms with van der Waals surface area (Å²) < 4.78 is 10.4. The van der Waals surface area contributed by atoms with Crippen LogP contribution in [0, 0.1) is 0 Å². The standard InChI is InChI=1S/C14H20N2O3/c1-18-11-5-3-10(4-6-11)7-14(17)16-12-8-15-9-13(12)19-2/h3-6,12-13,15H,7-9H2,1-2H3,(H,16,17)/t12?,13-/m0/s1. The molecule has 1 fully saturated rings. The monoisotopic (exact) mass is 264 g/mol. The highest BCUT2D eigenvalue weighted by molar-refractivity contribution is 5.79. The maximum absolute atomic E-state index is 12.0. The molecule has 104 valence electrons. The molecule has 1 amide bonds. The lowest BCUT2D eigenvalue weighted by Gasteiger charge is -2.18. The summed E-state index contributed by atoms with van der Waals surface area (Å²) in [4.78, 5) is 12.0. The average molecular weight is 264 g/mol. The van der Waals surface area contributed by atoms with Gasteiger partial charge in [-0.25, -0.2) is 0 Å². The van der Waals surface area contributed by atoms with Gasteiger partial charge >= 0.3 is 0 Å². The van der Waals surface area contributed by atoms with Crippen molar-refractivity contribution < 1.29 is 14.3 Å². The number of hydrogen-bond donors (Lipinski definition) is 2. The predicted molar refractivity (Wildman–Crippen MR) is 72.3 cm³/mol. The average Bonchev–Trinajstić information content (AvgIpc) is 2.86. The van der Waals surface area contributed by atoms with Gasteiger partial charge in [-0.15, -0.1) is 0 Å². The zero-order valence-corrected chi connectivity index (χ0v) is 11.3. The maximum Gasteiger partial charge on any atom is 0.224 e. The minimum absolute atomic E-state index is 0.0147. The highest BCUT2D eigenvalue weighted by atomic mass is 16.5. The number of ether oxygens (including phenoxy) is 2. The Morgan fingerprint density at radius 1 is 1.32 bits per heavy atom. The van der Waals surface area contributed by atoms with Crippen LogP contribution in [0.4, 0.5) is 0 Å². The van der Waals surface area contributed by atoms with Gasteiger partial charge in [-0.05, 0) is 17.7 Å². The van der Waals surface area contributed by atoms with Gasteiger partial charge < -0.3 is 20.1 Å². The topological polar surface area (TPSA) is 59.6 Å². The molecule has 0 saturated carbocycles. The molecule has 1 heterocycles. The normalized spacial score (nSPS) is 22.2. The highest BCUT2D eigenvalue weighted by Gasteiger charge is 2.27. The van der Waals surface area contributed by atoms with Crippen LogP contribution in [0.15, 0.2) is 24.3 Å². The van der Waals surface area contributed by atoms with E-state index >= 15 is 0 Å². The van der Waals surface area contributed by atoms with Crippen LogP contribution >= 0.6 is 0 Å². The van der Waals surface area contributed by atoms with Crippen molar-refractivity contribution in [3.05, 3.63) is 29.8 Å². The zero-order chi connectivity index (χ0) is 13.7. The van der Waals surface area contributed by atoms with E-state index in [9.17, 15) is 4.79 Å². The minimum Gasteiger partial charge on any atom is -0.497 e. The maximum atomic E-state index is 12.0. The first kappa shape index (κ1) is 13.8. The van der Waals surface area contributed by atoms with Crippen molar-refractivity contribution in [2.24, 2.45) is 0 Å². The fraction of sp³-hybridized carbons (Fsp3) is 0.500. The highest BCUT2D eigenvalue weighted by Crippen LogP contribution is 2.12. The summed E-state index contributed by atoms with van der Waals surface area (Å²) in [5, 5.41) is 6.20. The quantitative estimate of drug-likeness (QED) is 0.805. The predicted octanol–water partition coefficient (Wildman–Crippen LogP) is 0.341. The van der Waals surface area contributed by atoms with Crippen molar-refractivity contribution in [3.8, 4) is 5.75 Å². The van der Waals surface area contributed by atoms with E-state index in [0.717, 1.165) is 24.4 Å². The largest absolute Gasteiger partial charge is 0.497 e. The molecular weight excluding hydrogens is 244 g/mol. The number of methoxy groups -OCH3 is 2. The third kappa shape index (κ3) is 3.68. The molecule has 2 atom stereocenters. The Balaban J connectivity index is 1.86. The minimum atomic E-state index is 0.0147. The van der Waals surface area contributed by atoms with Crippen molar-refractivity contribution in [2.45, 2.75) is 18.6 Å². The molecule has 1 aliphatic rings. The van der Waals surface area contributed by atoms with E-state index in [1.54, 1.807) is 14.2 Å². The lowest BCUT2D eigenvalue weighted by atomic mass is 10.1. The summed E-state index contributed by atoms with van der Waals surface area (Å²) in [6, 6.07) is 7.57. The van der Waals surface area contributed by atoms with Crippen molar-refractivity contribution in [1.82, 2.24) is 10.6 Å². The third-order valence-electron chi connectivity index (χ3n) is 3.33. The van der Waals surface area contributed by atoms with Gasteiger partial charge in [0.15, 0.2) is 0 Å². The fourth-order valence-corrected chi connectivity index (χ4v) is 2.23. The summed E-state index contributed by atoms with van der Waals surface area (Å²) in [6.45, 7) is 1.54. The molecule has 1 aromatic rings. The van der Waals surface area contributed by atoms with Crippen molar-refractivity contribution in [1.29, 1.82) is 0 Å². The van der Waals surface area contributed by atoms with E-state index in [1.807, 2.05) is 24.3 Å². The van der Waals surface area contributed by atoms with Crippen LogP contribution < -0.4 is 15.4 Å². The van der Waals surface area contributed by atoms with Gasteiger partial charge in [0.05, 0.1) is 25.7 Å². The molecule has 1 aliphatic heterocycles. The van der Waals surface area contributed by atoms with Gasteiger partial charge in [-0.1, -0.05) is 12.1 Å². The molecule has 0 aliphatic carbocycles. The van der Waals surface area contributed by atoms with Crippen molar-refractivity contribution >= 4 is 5.91 Å². The Hall–Kier alpha value is -1.59. The molecule has 2 N–H and O–H groups in total. The lowest BCUT2D eigenvalue weighted by molar-refractivity contribution is -0.121. The Labute approximate surface area is 113 Å². The summed E-state index contributed by atoms with van der Waals surface area (Å²) in [7, 11) is 3.29. The van der Waals surface area contributed by atoms with Gasteiger partial charge in [-0.2, -0.15) is 0 Å². The molecule has 5 heteroatoms. The van der Waals surface area contributed by atoms with Gasteiger partial charge in [0.2, 0.25) is 5.91 Å². The van der Waals surface area contributed by atoms with E-state index < -0.39 is 0 Å². The van der Waals surface area contributed by atoms with E-state index in [4.69, 9.17) is 9.47 Å². The SMILES string of the molecule is COc1ccc(CC(=O)NC2CNC[C@@H]2OC)cc1. The molecule has 1 unspecified atom stereocenters. The molecule has 5 nitrogen and oxygen atoms in total. The molecule has 19 heavy (non-hydrogen) atoms. The lowest BCUT2D eigenvalue weighted by Crippen LogP contribution is -2.44. The first-order chi connectivity index (χ1) is 9.22. The van der Waals surface area contributed by atoms with Gasteiger partial charge in [0.25, 0.3) is 0 Å². The molecule has 2 rings (SSSR count). The second-order valence-electron chi connectivity index (χ2n) is 4.63. The molecule has 1 saturated heterocycles. The Kier molecular flexibility index (Phi) is 4.76. The van der Waals surface area contributed by atoms with E-state index in [0.29, 0.717) is 6.42 Å². The van der Waals surface area contributed by atoms with Crippen LogP contribution in [-0.4, -0.2) is 45.4 Å². The summed E-state index contributed by atoms with van der Waals surface area (Å²) in [6.07, 6.45) is 0.427. The number of amides is 1. The van der Waals surface area contributed by atoms with E-state index in [-0.39, 0.29) is 18.1 Å². The molecule has 0 bridgehead atoms. The van der Waals surface area contributed by atoms with Crippen LogP contribution in [0.1, 0.15) is 5.56 Å². The molecular formula is C14H20N2O3. The van der Waals surface area contributed by atoms with Crippen molar-refractivity contribution in [3.63, 3.8) is 0 Å². The van der Waals surface area contributed by atoms with E-state index in [2.05, 4.69) is 10.6 Å². The van der Waals surface area contributed by atoms with E-state index in [1.165, 1.54) is 0 Å². The van der Waals surface area contributed by atoms with Crippen molar-refractivity contribution in [2.75, 3.05) is 27.3 Å². The summed E-state index contributed by atoms with van der Waals surface area (Å²) in [5.74, 6) is 0.810. The van der Waals surface area contributed by atoms with Crippen LogP contribution in [0.3, 0.4) is 0 Å². The molecule has 0 spiro atoms. The number of hydrogen-bond acceptors (Lipinski definition) is 4. The number of carbonyl (C=O) groups is 1. The zero-order valence-electron chi connectivity index (χ0n) is 11.3. The number of carbonyl (C=O) groups excluding carboxylic acids is 1. The van der Waals surface area contributed by atoms with Crippen LogP contribution in [0.2, 0.25) is 0 Å².